The number of halogens is 1. The van der Waals surface area contributed by atoms with Crippen LogP contribution in [0.4, 0.5) is 4.39 Å². The second kappa shape index (κ2) is 4.19. The Morgan fingerprint density at radius 2 is 2.00 bits per heavy atom. The molecule has 0 atom stereocenters. The minimum absolute atomic E-state index is 0.0973. The molecule has 14 heavy (non-hydrogen) atoms. The first-order valence-electron chi connectivity index (χ1n) is 4.51. The van der Waals surface area contributed by atoms with Gasteiger partial charge in [0.2, 0.25) is 0 Å². The lowest BCUT2D eigenvalue weighted by Gasteiger charge is -2.13. The maximum Gasteiger partial charge on any atom is 0.169 e. The predicted octanol–water partition coefficient (Wildman–Crippen LogP) is 1.54. The SMILES string of the molecule is Oc1ccc([S+]2CCOCC2)cc1F. The molecular weight excluding hydrogens is 203 g/mol. The van der Waals surface area contributed by atoms with E-state index in [1.807, 2.05) is 0 Å². The van der Waals surface area contributed by atoms with Crippen LogP contribution in [0, 0.1) is 5.82 Å². The van der Waals surface area contributed by atoms with Crippen LogP contribution in [0.5, 0.6) is 5.75 Å². The summed E-state index contributed by atoms with van der Waals surface area (Å²) in [5.41, 5.74) is 0. The van der Waals surface area contributed by atoms with Crippen LogP contribution in [0.25, 0.3) is 0 Å². The number of hydrogen-bond acceptors (Lipinski definition) is 2. The van der Waals surface area contributed by atoms with Crippen LogP contribution in [0.15, 0.2) is 23.1 Å². The largest absolute Gasteiger partial charge is 0.505 e. The van der Waals surface area contributed by atoms with E-state index in [4.69, 9.17) is 9.84 Å². The van der Waals surface area contributed by atoms with Crippen LogP contribution in [-0.2, 0) is 15.6 Å². The average Bonchev–Trinajstić information content (AvgIpc) is 2.23. The molecule has 0 aliphatic carbocycles. The molecule has 76 valence electrons. The second-order valence-electron chi connectivity index (χ2n) is 3.13. The van der Waals surface area contributed by atoms with E-state index in [-0.39, 0.29) is 16.6 Å². The van der Waals surface area contributed by atoms with Gasteiger partial charge in [-0.05, 0) is 12.1 Å². The Morgan fingerprint density at radius 3 is 2.64 bits per heavy atom. The van der Waals surface area contributed by atoms with Gasteiger partial charge >= 0.3 is 0 Å². The Bertz CT molecular complexity index is 324. The quantitative estimate of drug-likeness (QED) is 0.720. The zero-order chi connectivity index (χ0) is 9.97. The Balaban J connectivity index is 2.18. The van der Waals surface area contributed by atoms with E-state index in [2.05, 4.69) is 0 Å². The Morgan fingerprint density at radius 1 is 1.29 bits per heavy atom. The van der Waals surface area contributed by atoms with Crippen LogP contribution < -0.4 is 0 Å². The molecule has 2 nitrogen and oxygen atoms in total. The Kier molecular flexibility index (Phi) is 2.93. The van der Waals surface area contributed by atoms with Gasteiger partial charge in [-0.15, -0.1) is 0 Å². The summed E-state index contributed by atoms with van der Waals surface area (Å²) in [4.78, 5) is 0.989. The van der Waals surface area contributed by atoms with Crippen molar-refractivity contribution in [1.82, 2.24) is 0 Å². The second-order valence-corrected chi connectivity index (χ2v) is 5.40. The van der Waals surface area contributed by atoms with Crippen molar-refractivity contribution in [2.75, 3.05) is 24.7 Å². The summed E-state index contributed by atoms with van der Waals surface area (Å²) in [6.07, 6.45) is 0. The maximum atomic E-state index is 13.1. The fourth-order valence-electron chi connectivity index (χ4n) is 1.43. The standard InChI is InChI=1S/C10H11FO2S/c11-9-7-8(1-2-10(9)12)14-5-3-13-4-6-14/h1-2,7H,3-6H2/p+1. The van der Waals surface area contributed by atoms with Crippen LogP contribution in [0.1, 0.15) is 0 Å². The number of phenolic OH excluding ortho intramolecular Hbond substituents is 1. The lowest BCUT2D eigenvalue weighted by Crippen LogP contribution is -2.26. The molecule has 1 aliphatic rings. The van der Waals surface area contributed by atoms with Crippen LogP contribution in [0.3, 0.4) is 0 Å². The molecule has 0 radical (unpaired) electrons. The van der Waals surface area contributed by atoms with Gasteiger partial charge in [0.1, 0.15) is 11.5 Å². The molecule has 1 aromatic rings. The number of rotatable bonds is 1. The molecule has 1 aliphatic heterocycles. The zero-order valence-electron chi connectivity index (χ0n) is 7.70. The van der Waals surface area contributed by atoms with Gasteiger partial charge in [-0.25, -0.2) is 4.39 Å². The van der Waals surface area contributed by atoms with Crippen molar-refractivity contribution in [3.05, 3.63) is 24.0 Å². The molecule has 1 saturated heterocycles. The third-order valence-corrected chi connectivity index (χ3v) is 4.44. The minimum Gasteiger partial charge on any atom is -0.505 e. The van der Waals surface area contributed by atoms with Crippen LogP contribution in [-0.4, -0.2) is 29.8 Å². The Labute approximate surface area is 85.0 Å². The summed E-state index contributed by atoms with van der Waals surface area (Å²) in [5, 5.41) is 9.05. The first kappa shape index (κ1) is 9.80. The van der Waals surface area contributed by atoms with Crippen molar-refractivity contribution in [3.8, 4) is 5.75 Å². The highest BCUT2D eigenvalue weighted by Crippen LogP contribution is 2.22. The number of phenols is 1. The molecular formula is C10H12FO2S+. The van der Waals surface area contributed by atoms with E-state index in [9.17, 15) is 4.39 Å². The van der Waals surface area contributed by atoms with Gasteiger partial charge in [-0.1, -0.05) is 0 Å². The van der Waals surface area contributed by atoms with E-state index in [0.29, 0.717) is 0 Å². The number of hydrogen-bond donors (Lipinski definition) is 1. The lowest BCUT2D eigenvalue weighted by molar-refractivity contribution is 0.159. The highest BCUT2D eigenvalue weighted by atomic mass is 32.2. The fourth-order valence-corrected chi connectivity index (χ4v) is 3.27. The smallest absolute Gasteiger partial charge is 0.169 e. The van der Waals surface area contributed by atoms with Gasteiger partial charge in [0, 0.05) is 17.0 Å². The van der Waals surface area contributed by atoms with Gasteiger partial charge < -0.3 is 9.84 Å². The van der Waals surface area contributed by atoms with Gasteiger partial charge in [-0.2, -0.15) is 0 Å². The van der Waals surface area contributed by atoms with Gasteiger partial charge in [0.05, 0.1) is 13.2 Å². The monoisotopic (exact) mass is 215 g/mol. The van der Waals surface area contributed by atoms with Crippen LogP contribution in [0.2, 0.25) is 0 Å². The molecule has 1 fully saturated rings. The van der Waals surface area contributed by atoms with E-state index in [1.54, 1.807) is 6.07 Å². The van der Waals surface area contributed by atoms with Crippen molar-refractivity contribution in [1.29, 1.82) is 0 Å². The molecule has 0 saturated carbocycles. The van der Waals surface area contributed by atoms with Crippen LogP contribution >= 0.6 is 0 Å². The molecule has 1 N–H and O–H groups in total. The topological polar surface area (TPSA) is 29.5 Å². The summed E-state index contributed by atoms with van der Waals surface area (Å²) in [6, 6.07) is 4.66. The predicted molar refractivity (Wildman–Crippen MR) is 54.2 cm³/mol. The summed E-state index contributed by atoms with van der Waals surface area (Å²) in [7, 11) is 0.0973. The molecule has 0 spiro atoms. The average molecular weight is 215 g/mol. The maximum absolute atomic E-state index is 13.1. The first-order chi connectivity index (χ1) is 6.77. The first-order valence-corrected chi connectivity index (χ1v) is 6.07. The summed E-state index contributed by atoms with van der Waals surface area (Å²) < 4.78 is 18.3. The highest BCUT2D eigenvalue weighted by molar-refractivity contribution is 7.97. The van der Waals surface area contributed by atoms with Crippen molar-refractivity contribution >= 4 is 10.9 Å². The summed E-state index contributed by atoms with van der Waals surface area (Å²) >= 11 is 0. The van der Waals surface area contributed by atoms with Gasteiger partial charge in [-0.3, -0.25) is 0 Å². The van der Waals surface area contributed by atoms with Crippen molar-refractivity contribution < 1.29 is 14.2 Å². The molecule has 0 unspecified atom stereocenters. The molecule has 4 heteroatoms. The number of aromatic hydroxyl groups is 1. The summed E-state index contributed by atoms with van der Waals surface area (Å²) in [5.74, 6) is 1.13. The van der Waals surface area contributed by atoms with Crippen molar-refractivity contribution in [3.63, 3.8) is 0 Å². The third-order valence-electron chi connectivity index (χ3n) is 2.20. The van der Waals surface area contributed by atoms with E-state index in [1.165, 1.54) is 12.1 Å². The van der Waals surface area contributed by atoms with Gasteiger partial charge in [0.25, 0.3) is 0 Å². The molecule has 0 bridgehead atoms. The van der Waals surface area contributed by atoms with Crippen molar-refractivity contribution in [2.24, 2.45) is 0 Å². The van der Waals surface area contributed by atoms with Gasteiger partial charge in [0.15, 0.2) is 16.5 Å². The Hall–Kier alpha value is -0.740. The fraction of sp³-hybridized carbons (Fsp3) is 0.400. The van der Waals surface area contributed by atoms with Crippen molar-refractivity contribution in [2.45, 2.75) is 4.90 Å². The molecule has 1 heterocycles. The molecule has 1 aromatic carbocycles. The highest BCUT2D eigenvalue weighted by Gasteiger charge is 2.25. The molecule has 2 rings (SSSR count). The third kappa shape index (κ3) is 2.01. The van der Waals surface area contributed by atoms with E-state index in [0.717, 1.165) is 29.6 Å². The molecule has 0 amide bonds. The normalized spacial score (nSPS) is 18.4. The summed E-state index contributed by atoms with van der Waals surface area (Å²) in [6.45, 7) is 1.51. The molecule has 0 aromatic heterocycles. The number of benzene rings is 1. The zero-order valence-corrected chi connectivity index (χ0v) is 8.52. The van der Waals surface area contributed by atoms with E-state index < -0.39 is 5.82 Å². The lowest BCUT2D eigenvalue weighted by atomic mass is 10.3. The van der Waals surface area contributed by atoms with E-state index >= 15 is 0 Å². The minimum atomic E-state index is -0.526. The number of ether oxygens (including phenoxy) is 1.